The summed E-state index contributed by atoms with van der Waals surface area (Å²) in [6.07, 6.45) is 5.35. The minimum Gasteiger partial charge on any atom is -0.316 e. The lowest BCUT2D eigenvalue weighted by Crippen LogP contribution is -2.45. The van der Waals surface area contributed by atoms with Gasteiger partial charge in [-0.1, -0.05) is 6.92 Å². The first kappa shape index (κ1) is 11.7. The number of carbonyl (C=O) groups excluding carboxylic acids is 1. The highest BCUT2D eigenvalue weighted by atomic mass is 32.1. The second-order valence-corrected chi connectivity index (χ2v) is 5.42. The summed E-state index contributed by atoms with van der Waals surface area (Å²) in [7, 11) is 0. The van der Waals surface area contributed by atoms with Crippen molar-refractivity contribution in [3.8, 4) is 0 Å². The molecule has 0 spiro atoms. The molecule has 0 aliphatic carbocycles. The molecule has 1 aromatic heterocycles. The summed E-state index contributed by atoms with van der Waals surface area (Å²) >= 11 is 1.57. The number of nitrogens with one attached hydrogen (secondary N) is 1. The summed E-state index contributed by atoms with van der Waals surface area (Å²) in [6, 6.07) is 0. The Kier molecular flexibility index (Phi) is 3.71. The zero-order valence-corrected chi connectivity index (χ0v) is 10.5. The molecule has 16 heavy (non-hydrogen) atoms. The SMILES string of the molecule is CCC1(C(=O)Cc2nccs2)CCCNC1. The molecule has 1 fully saturated rings. The van der Waals surface area contributed by atoms with E-state index < -0.39 is 0 Å². The van der Waals surface area contributed by atoms with E-state index in [0.717, 1.165) is 37.4 Å². The molecule has 0 radical (unpaired) electrons. The number of nitrogens with zero attached hydrogens (tertiary/aromatic N) is 1. The van der Waals surface area contributed by atoms with Crippen molar-refractivity contribution in [1.29, 1.82) is 0 Å². The van der Waals surface area contributed by atoms with E-state index >= 15 is 0 Å². The van der Waals surface area contributed by atoms with Gasteiger partial charge in [0.25, 0.3) is 0 Å². The Balaban J connectivity index is 2.06. The molecule has 1 aliphatic rings. The van der Waals surface area contributed by atoms with Crippen LogP contribution in [0.15, 0.2) is 11.6 Å². The molecule has 88 valence electrons. The third-order valence-electron chi connectivity index (χ3n) is 3.54. The molecule has 0 amide bonds. The van der Waals surface area contributed by atoms with Crippen molar-refractivity contribution in [1.82, 2.24) is 10.3 Å². The number of piperidine rings is 1. The fraction of sp³-hybridized carbons (Fsp3) is 0.667. The van der Waals surface area contributed by atoms with Crippen LogP contribution in [0.25, 0.3) is 0 Å². The van der Waals surface area contributed by atoms with E-state index in [0.29, 0.717) is 12.2 Å². The first-order valence-corrected chi connectivity index (χ1v) is 6.77. The smallest absolute Gasteiger partial charge is 0.147 e. The zero-order valence-electron chi connectivity index (χ0n) is 9.66. The fourth-order valence-corrected chi connectivity index (χ4v) is 2.98. The Bertz CT molecular complexity index is 342. The second kappa shape index (κ2) is 5.06. The van der Waals surface area contributed by atoms with Gasteiger partial charge in [0.15, 0.2) is 0 Å². The van der Waals surface area contributed by atoms with Gasteiger partial charge >= 0.3 is 0 Å². The molecule has 0 bridgehead atoms. The zero-order chi connectivity index (χ0) is 11.4. The lowest BCUT2D eigenvalue weighted by atomic mass is 9.74. The monoisotopic (exact) mass is 238 g/mol. The Hall–Kier alpha value is -0.740. The van der Waals surface area contributed by atoms with Crippen LogP contribution in [0.5, 0.6) is 0 Å². The van der Waals surface area contributed by atoms with E-state index in [-0.39, 0.29) is 5.41 Å². The minimum absolute atomic E-state index is 0.135. The predicted molar refractivity (Wildman–Crippen MR) is 65.7 cm³/mol. The van der Waals surface area contributed by atoms with E-state index in [1.54, 1.807) is 17.5 Å². The van der Waals surface area contributed by atoms with E-state index in [2.05, 4.69) is 17.2 Å². The highest BCUT2D eigenvalue weighted by molar-refractivity contribution is 7.09. The van der Waals surface area contributed by atoms with Gasteiger partial charge in [-0.2, -0.15) is 0 Å². The van der Waals surface area contributed by atoms with Gasteiger partial charge in [0, 0.05) is 23.5 Å². The van der Waals surface area contributed by atoms with Crippen LogP contribution in [0.3, 0.4) is 0 Å². The van der Waals surface area contributed by atoms with Gasteiger partial charge in [0.1, 0.15) is 5.78 Å². The Morgan fingerprint density at radius 3 is 3.12 bits per heavy atom. The number of rotatable bonds is 4. The molecular formula is C12H18N2OS. The molecule has 0 aromatic carbocycles. The molecule has 4 heteroatoms. The lowest BCUT2D eigenvalue weighted by Gasteiger charge is -2.35. The largest absolute Gasteiger partial charge is 0.316 e. The van der Waals surface area contributed by atoms with E-state index in [4.69, 9.17) is 0 Å². The highest BCUT2D eigenvalue weighted by Crippen LogP contribution is 2.32. The van der Waals surface area contributed by atoms with Crippen molar-refractivity contribution >= 4 is 17.1 Å². The number of carbonyl (C=O) groups is 1. The maximum atomic E-state index is 12.3. The maximum absolute atomic E-state index is 12.3. The van der Waals surface area contributed by atoms with Crippen molar-refractivity contribution in [3.05, 3.63) is 16.6 Å². The van der Waals surface area contributed by atoms with Gasteiger partial charge < -0.3 is 5.32 Å². The topological polar surface area (TPSA) is 42.0 Å². The molecule has 1 aromatic rings. The average molecular weight is 238 g/mol. The van der Waals surface area contributed by atoms with E-state index in [1.807, 2.05) is 5.38 Å². The summed E-state index contributed by atoms with van der Waals surface area (Å²) in [5.74, 6) is 0.358. The molecular weight excluding hydrogens is 220 g/mol. The number of ketones is 1. The molecule has 1 N–H and O–H groups in total. The van der Waals surface area contributed by atoms with Gasteiger partial charge in [-0.3, -0.25) is 4.79 Å². The van der Waals surface area contributed by atoms with Crippen molar-refractivity contribution in [2.75, 3.05) is 13.1 Å². The number of thiazole rings is 1. The van der Waals surface area contributed by atoms with E-state index in [9.17, 15) is 4.79 Å². The summed E-state index contributed by atoms with van der Waals surface area (Å²) in [4.78, 5) is 16.5. The third kappa shape index (κ3) is 2.33. The maximum Gasteiger partial charge on any atom is 0.147 e. The summed E-state index contributed by atoms with van der Waals surface area (Å²) in [5.41, 5.74) is -0.135. The summed E-state index contributed by atoms with van der Waals surface area (Å²) in [6.45, 7) is 4.01. The Morgan fingerprint density at radius 1 is 1.69 bits per heavy atom. The van der Waals surface area contributed by atoms with Crippen LogP contribution in [-0.4, -0.2) is 23.9 Å². The van der Waals surface area contributed by atoms with E-state index in [1.165, 1.54) is 0 Å². The molecule has 2 heterocycles. The van der Waals surface area contributed by atoms with Crippen molar-refractivity contribution in [3.63, 3.8) is 0 Å². The first-order valence-electron chi connectivity index (χ1n) is 5.89. The van der Waals surface area contributed by atoms with Crippen molar-refractivity contribution < 1.29 is 4.79 Å². The molecule has 1 atom stereocenters. The van der Waals surface area contributed by atoms with Crippen molar-refractivity contribution in [2.24, 2.45) is 5.41 Å². The average Bonchev–Trinajstić information content (AvgIpc) is 2.82. The summed E-state index contributed by atoms with van der Waals surface area (Å²) < 4.78 is 0. The number of Topliss-reactive ketones (excluding diaryl/α,β-unsaturated/α-hetero) is 1. The highest BCUT2D eigenvalue weighted by Gasteiger charge is 2.37. The van der Waals surface area contributed by atoms with Crippen LogP contribution in [-0.2, 0) is 11.2 Å². The number of aromatic nitrogens is 1. The predicted octanol–water partition coefficient (Wildman–Crippen LogP) is 2.03. The lowest BCUT2D eigenvalue weighted by molar-refractivity contribution is -0.129. The standard InChI is InChI=1S/C12H18N2OS/c1-2-12(4-3-5-13-9-12)10(15)8-11-14-6-7-16-11/h6-7,13H,2-5,8-9H2,1H3. The molecule has 1 unspecified atom stereocenters. The minimum atomic E-state index is -0.135. The van der Waals surface area contributed by atoms with Crippen LogP contribution in [0.4, 0.5) is 0 Å². The van der Waals surface area contributed by atoms with Gasteiger partial charge in [-0.25, -0.2) is 4.98 Å². The summed E-state index contributed by atoms with van der Waals surface area (Å²) in [5, 5.41) is 6.23. The molecule has 1 saturated heterocycles. The van der Waals surface area contributed by atoms with Gasteiger partial charge in [0.05, 0.1) is 11.4 Å². The van der Waals surface area contributed by atoms with Gasteiger partial charge in [-0.05, 0) is 25.8 Å². The van der Waals surface area contributed by atoms with Crippen LogP contribution < -0.4 is 5.32 Å². The Morgan fingerprint density at radius 2 is 2.56 bits per heavy atom. The van der Waals surface area contributed by atoms with Crippen LogP contribution in [0, 0.1) is 5.41 Å². The second-order valence-electron chi connectivity index (χ2n) is 4.44. The molecule has 0 saturated carbocycles. The normalized spacial score (nSPS) is 25.6. The molecule has 1 aliphatic heterocycles. The number of hydrogen-bond donors (Lipinski definition) is 1. The third-order valence-corrected chi connectivity index (χ3v) is 4.32. The van der Waals surface area contributed by atoms with Gasteiger partial charge in [-0.15, -0.1) is 11.3 Å². The fourth-order valence-electron chi connectivity index (χ4n) is 2.37. The van der Waals surface area contributed by atoms with Crippen LogP contribution in [0.1, 0.15) is 31.2 Å². The van der Waals surface area contributed by atoms with Crippen LogP contribution >= 0.6 is 11.3 Å². The quantitative estimate of drug-likeness (QED) is 0.872. The first-order chi connectivity index (χ1) is 7.77. The van der Waals surface area contributed by atoms with Crippen LogP contribution in [0.2, 0.25) is 0 Å². The molecule has 3 nitrogen and oxygen atoms in total. The molecule has 2 rings (SSSR count). The van der Waals surface area contributed by atoms with Crippen molar-refractivity contribution in [2.45, 2.75) is 32.6 Å². The number of hydrogen-bond acceptors (Lipinski definition) is 4. The Labute approximate surface area is 100 Å². The van der Waals surface area contributed by atoms with Gasteiger partial charge in [0.2, 0.25) is 0 Å².